The molecule has 2 heterocycles. The number of hydrogen-bond acceptors (Lipinski definition) is 5. The minimum Gasteiger partial charge on any atom is -0.507 e. The monoisotopic (exact) mass is 413 g/mol. The maximum atomic E-state index is 13.2. The van der Waals surface area contributed by atoms with Crippen molar-refractivity contribution in [2.24, 2.45) is 0 Å². The lowest BCUT2D eigenvalue weighted by atomic mass is 9.92. The molecule has 6 heteroatoms. The standard InChI is InChI=1S/C25H19NO5/c1-15-7-5-6-10-18(15)22-21(23(27)16-11-12-19-20(13-16)31-14-30-19)24(28)25(29)26(22)17-8-3-2-4-9-17/h2-13,22,27H,14H2,1H3/b23-21+. The average Bonchev–Trinajstić information content (AvgIpc) is 3.36. The van der Waals surface area contributed by atoms with Crippen LogP contribution in [-0.2, 0) is 9.59 Å². The number of hydrogen-bond donors (Lipinski definition) is 1. The number of para-hydroxylation sites is 1. The largest absolute Gasteiger partial charge is 0.507 e. The van der Waals surface area contributed by atoms with Crippen molar-refractivity contribution in [3.05, 3.63) is 95.1 Å². The summed E-state index contributed by atoms with van der Waals surface area (Å²) in [5.74, 6) is -0.608. The van der Waals surface area contributed by atoms with Crippen LogP contribution in [0.1, 0.15) is 22.7 Å². The molecule has 31 heavy (non-hydrogen) atoms. The Labute approximate surface area is 179 Å². The van der Waals surface area contributed by atoms with Gasteiger partial charge in [-0.25, -0.2) is 0 Å². The van der Waals surface area contributed by atoms with E-state index in [0.29, 0.717) is 22.7 Å². The molecule has 1 atom stereocenters. The van der Waals surface area contributed by atoms with Crippen molar-refractivity contribution in [3.8, 4) is 11.5 Å². The number of ketones is 1. The van der Waals surface area contributed by atoms with Crippen LogP contribution in [0.15, 0.2) is 78.4 Å². The summed E-state index contributed by atoms with van der Waals surface area (Å²) < 4.78 is 10.7. The van der Waals surface area contributed by atoms with Gasteiger partial charge in [-0.05, 0) is 48.4 Å². The van der Waals surface area contributed by atoms with Gasteiger partial charge >= 0.3 is 0 Å². The lowest BCUT2D eigenvalue weighted by Crippen LogP contribution is -2.29. The number of rotatable bonds is 3. The van der Waals surface area contributed by atoms with Crippen molar-refractivity contribution in [2.75, 3.05) is 11.7 Å². The second kappa shape index (κ2) is 7.32. The molecule has 0 saturated carbocycles. The number of anilines is 1. The van der Waals surface area contributed by atoms with Gasteiger partial charge in [-0.1, -0.05) is 42.5 Å². The molecule has 0 bridgehead atoms. The second-order valence-corrected chi connectivity index (χ2v) is 7.43. The van der Waals surface area contributed by atoms with Gasteiger partial charge in [-0.2, -0.15) is 0 Å². The molecule has 0 aromatic heterocycles. The van der Waals surface area contributed by atoms with Gasteiger partial charge in [0.25, 0.3) is 11.7 Å². The predicted octanol–water partition coefficient (Wildman–Crippen LogP) is 4.35. The Morgan fingerprint density at radius 1 is 0.935 bits per heavy atom. The molecule has 6 nitrogen and oxygen atoms in total. The highest BCUT2D eigenvalue weighted by Gasteiger charge is 2.47. The van der Waals surface area contributed by atoms with Crippen LogP contribution in [0, 0.1) is 6.92 Å². The van der Waals surface area contributed by atoms with Crippen LogP contribution in [0.25, 0.3) is 5.76 Å². The zero-order valence-corrected chi connectivity index (χ0v) is 16.7. The first kappa shape index (κ1) is 18.9. The minimum atomic E-state index is -0.756. The van der Waals surface area contributed by atoms with Crippen LogP contribution in [0.2, 0.25) is 0 Å². The third-order valence-electron chi connectivity index (χ3n) is 5.61. The fourth-order valence-corrected chi connectivity index (χ4v) is 4.07. The normalized spacial score (nSPS) is 19.1. The molecule has 1 saturated heterocycles. The van der Waals surface area contributed by atoms with Gasteiger partial charge in [0.15, 0.2) is 11.5 Å². The maximum absolute atomic E-state index is 13.2. The molecule has 5 rings (SSSR count). The molecule has 2 aliphatic rings. The molecule has 1 fully saturated rings. The summed E-state index contributed by atoms with van der Waals surface area (Å²) in [5.41, 5.74) is 2.69. The lowest BCUT2D eigenvalue weighted by Gasteiger charge is -2.26. The number of benzene rings is 3. The molecule has 3 aromatic rings. The summed E-state index contributed by atoms with van der Waals surface area (Å²) in [7, 11) is 0. The molecule has 0 spiro atoms. The average molecular weight is 413 g/mol. The molecule has 0 radical (unpaired) electrons. The Kier molecular flexibility index (Phi) is 4.47. The van der Waals surface area contributed by atoms with Crippen molar-refractivity contribution in [2.45, 2.75) is 13.0 Å². The summed E-state index contributed by atoms with van der Waals surface area (Å²) in [4.78, 5) is 27.7. The first-order valence-electron chi connectivity index (χ1n) is 9.88. The van der Waals surface area contributed by atoms with Gasteiger partial charge in [0, 0.05) is 11.3 Å². The van der Waals surface area contributed by atoms with Gasteiger partial charge in [-0.3, -0.25) is 14.5 Å². The number of fused-ring (bicyclic) bond motifs is 1. The molecular weight excluding hydrogens is 394 g/mol. The minimum absolute atomic E-state index is 0.0435. The van der Waals surface area contributed by atoms with E-state index in [1.807, 2.05) is 37.3 Å². The topological polar surface area (TPSA) is 76.1 Å². The highest BCUT2D eigenvalue weighted by atomic mass is 16.7. The molecule has 1 N–H and O–H groups in total. The summed E-state index contributed by atoms with van der Waals surface area (Å²) in [6, 6.07) is 20.7. The van der Waals surface area contributed by atoms with E-state index in [2.05, 4.69) is 0 Å². The number of amides is 1. The van der Waals surface area contributed by atoms with E-state index in [-0.39, 0.29) is 18.1 Å². The van der Waals surface area contributed by atoms with Gasteiger partial charge in [0.05, 0.1) is 11.6 Å². The van der Waals surface area contributed by atoms with E-state index in [1.165, 1.54) is 4.90 Å². The van der Waals surface area contributed by atoms with Crippen molar-refractivity contribution < 1.29 is 24.2 Å². The number of aryl methyl sites for hydroxylation is 1. The fourth-order valence-electron chi connectivity index (χ4n) is 4.07. The first-order valence-corrected chi connectivity index (χ1v) is 9.88. The fraction of sp³-hybridized carbons (Fsp3) is 0.120. The molecule has 2 aliphatic heterocycles. The summed E-state index contributed by atoms with van der Waals surface area (Å²) in [6.45, 7) is 2.02. The summed E-state index contributed by atoms with van der Waals surface area (Å²) in [5, 5.41) is 11.2. The van der Waals surface area contributed by atoms with E-state index in [0.717, 1.165) is 11.1 Å². The Morgan fingerprint density at radius 3 is 2.42 bits per heavy atom. The highest BCUT2D eigenvalue weighted by Crippen LogP contribution is 2.44. The Bertz CT molecular complexity index is 1230. The lowest BCUT2D eigenvalue weighted by molar-refractivity contribution is -0.132. The Hall–Kier alpha value is -4.06. The van der Waals surface area contributed by atoms with Crippen LogP contribution in [-0.4, -0.2) is 23.6 Å². The summed E-state index contributed by atoms with van der Waals surface area (Å²) >= 11 is 0. The number of ether oxygens (including phenoxy) is 2. The number of carbonyl (C=O) groups is 2. The van der Waals surface area contributed by atoms with Gasteiger partial charge in [-0.15, -0.1) is 0 Å². The van der Waals surface area contributed by atoms with Gasteiger partial charge in [0.1, 0.15) is 5.76 Å². The highest BCUT2D eigenvalue weighted by molar-refractivity contribution is 6.51. The van der Waals surface area contributed by atoms with Crippen molar-refractivity contribution in [1.82, 2.24) is 0 Å². The second-order valence-electron chi connectivity index (χ2n) is 7.43. The van der Waals surface area contributed by atoms with Crippen LogP contribution < -0.4 is 14.4 Å². The molecular formula is C25H19NO5. The smallest absolute Gasteiger partial charge is 0.300 e. The molecule has 3 aromatic carbocycles. The van der Waals surface area contributed by atoms with Crippen LogP contribution in [0.3, 0.4) is 0 Å². The van der Waals surface area contributed by atoms with E-state index >= 15 is 0 Å². The first-order chi connectivity index (χ1) is 15.1. The molecule has 1 amide bonds. The van der Waals surface area contributed by atoms with E-state index in [1.54, 1.807) is 42.5 Å². The number of aliphatic hydroxyl groups excluding tert-OH is 1. The zero-order valence-electron chi connectivity index (χ0n) is 16.7. The number of aliphatic hydroxyl groups is 1. The van der Waals surface area contributed by atoms with Crippen molar-refractivity contribution in [3.63, 3.8) is 0 Å². The maximum Gasteiger partial charge on any atom is 0.300 e. The summed E-state index contributed by atoms with van der Waals surface area (Å²) in [6.07, 6.45) is 0. The Morgan fingerprint density at radius 2 is 1.65 bits per heavy atom. The van der Waals surface area contributed by atoms with Crippen LogP contribution in [0.4, 0.5) is 5.69 Å². The third kappa shape index (κ3) is 3.04. The van der Waals surface area contributed by atoms with Crippen LogP contribution >= 0.6 is 0 Å². The van der Waals surface area contributed by atoms with Crippen LogP contribution in [0.5, 0.6) is 11.5 Å². The van der Waals surface area contributed by atoms with Gasteiger partial charge < -0.3 is 14.6 Å². The quantitative estimate of drug-likeness (QED) is 0.393. The van der Waals surface area contributed by atoms with Gasteiger partial charge in [0.2, 0.25) is 6.79 Å². The van der Waals surface area contributed by atoms with E-state index in [9.17, 15) is 14.7 Å². The van der Waals surface area contributed by atoms with E-state index < -0.39 is 17.7 Å². The van der Waals surface area contributed by atoms with Crippen molar-refractivity contribution >= 4 is 23.1 Å². The Balaban J connectivity index is 1.73. The molecule has 154 valence electrons. The zero-order chi connectivity index (χ0) is 21.5. The van der Waals surface area contributed by atoms with Crippen molar-refractivity contribution in [1.29, 1.82) is 0 Å². The molecule has 1 unspecified atom stereocenters. The SMILES string of the molecule is Cc1ccccc1C1/C(=C(\O)c2ccc3c(c2)OCO3)C(=O)C(=O)N1c1ccccc1. The molecule has 0 aliphatic carbocycles. The number of carbonyl (C=O) groups excluding carboxylic acids is 2. The predicted molar refractivity (Wildman–Crippen MR) is 115 cm³/mol. The third-order valence-corrected chi connectivity index (χ3v) is 5.61. The number of nitrogens with zero attached hydrogens (tertiary/aromatic N) is 1. The number of Topliss-reactive ketones (excluding diaryl/α,β-unsaturated/α-hetero) is 1. The van der Waals surface area contributed by atoms with E-state index in [4.69, 9.17) is 9.47 Å².